The van der Waals surface area contributed by atoms with Gasteiger partial charge in [0, 0.05) is 45.2 Å². The highest BCUT2D eigenvalue weighted by Gasteiger charge is 2.22. The second-order valence-electron chi connectivity index (χ2n) is 6.46. The van der Waals surface area contributed by atoms with Crippen LogP contribution in [0.25, 0.3) is 10.2 Å². The zero-order valence-corrected chi connectivity index (χ0v) is 16.1. The predicted octanol–water partition coefficient (Wildman–Crippen LogP) is 2.42. The number of hydrogen-bond acceptors (Lipinski definition) is 7. The van der Waals surface area contributed by atoms with E-state index in [1.54, 1.807) is 23.5 Å². The smallest absolute Gasteiger partial charge is 0.186 e. The summed E-state index contributed by atoms with van der Waals surface area (Å²) in [5.41, 5.74) is 1.67. The number of anilines is 1. The first-order valence-electron chi connectivity index (χ1n) is 8.47. The minimum Gasteiger partial charge on any atom is -0.345 e. The first-order chi connectivity index (χ1) is 12.5. The van der Waals surface area contributed by atoms with E-state index >= 15 is 0 Å². The Balaban J connectivity index is 1.49. The van der Waals surface area contributed by atoms with Crippen molar-refractivity contribution in [3.05, 3.63) is 48.3 Å². The maximum absolute atomic E-state index is 12.0. The van der Waals surface area contributed by atoms with E-state index in [1.165, 1.54) is 6.26 Å². The first kappa shape index (κ1) is 17.4. The first-order valence-corrected chi connectivity index (χ1v) is 11.2. The standard InChI is InChI=1S/C18H20N4O2S2/c1-26(23,24)16-7-4-6-15-17(16)20-18(25-15)22-11-9-21(10-12-22)13-14-5-2-3-8-19-14/h2-8H,9-13H2,1H3. The molecule has 6 nitrogen and oxygen atoms in total. The van der Waals surface area contributed by atoms with Gasteiger partial charge >= 0.3 is 0 Å². The molecule has 0 aliphatic carbocycles. The predicted molar refractivity (Wildman–Crippen MR) is 104 cm³/mol. The fourth-order valence-electron chi connectivity index (χ4n) is 3.16. The van der Waals surface area contributed by atoms with Crippen LogP contribution in [-0.4, -0.2) is 55.7 Å². The Bertz CT molecular complexity index is 1010. The van der Waals surface area contributed by atoms with E-state index in [2.05, 4.69) is 19.8 Å². The Morgan fingerprint density at radius 2 is 1.88 bits per heavy atom. The molecule has 2 aromatic heterocycles. The highest BCUT2D eigenvalue weighted by Crippen LogP contribution is 2.33. The third-order valence-electron chi connectivity index (χ3n) is 4.52. The van der Waals surface area contributed by atoms with Gasteiger partial charge in [-0.3, -0.25) is 9.88 Å². The summed E-state index contributed by atoms with van der Waals surface area (Å²) in [7, 11) is -3.28. The van der Waals surface area contributed by atoms with Crippen LogP contribution in [-0.2, 0) is 16.4 Å². The Morgan fingerprint density at radius 1 is 1.08 bits per heavy atom. The average Bonchev–Trinajstić information content (AvgIpc) is 3.06. The number of benzene rings is 1. The van der Waals surface area contributed by atoms with E-state index in [0.717, 1.165) is 48.2 Å². The van der Waals surface area contributed by atoms with E-state index in [-0.39, 0.29) is 0 Å². The number of para-hydroxylation sites is 1. The van der Waals surface area contributed by atoms with E-state index in [0.29, 0.717) is 10.4 Å². The van der Waals surface area contributed by atoms with Gasteiger partial charge in [0.05, 0.1) is 15.3 Å². The minimum atomic E-state index is -3.28. The van der Waals surface area contributed by atoms with Gasteiger partial charge in [-0.2, -0.15) is 0 Å². The van der Waals surface area contributed by atoms with Crippen LogP contribution in [0.4, 0.5) is 5.13 Å². The summed E-state index contributed by atoms with van der Waals surface area (Å²) < 4.78 is 24.9. The third kappa shape index (κ3) is 3.58. The molecule has 3 heterocycles. The lowest BCUT2D eigenvalue weighted by atomic mass is 10.3. The molecule has 0 amide bonds. The molecule has 136 valence electrons. The van der Waals surface area contributed by atoms with Gasteiger partial charge in [0.1, 0.15) is 5.52 Å². The van der Waals surface area contributed by atoms with Gasteiger partial charge in [-0.25, -0.2) is 13.4 Å². The lowest BCUT2D eigenvalue weighted by molar-refractivity contribution is 0.247. The van der Waals surface area contributed by atoms with Crippen molar-refractivity contribution in [2.75, 3.05) is 37.3 Å². The molecule has 0 N–H and O–H groups in total. The van der Waals surface area contributed by atoms with E-state index in [9.17, 15) is 8.42 Å². The van der Waals surface area contributed by atoms with Crippen molar-refractivity contribution in [1.82, 2.24) is 14.9 Å². The molecule has 8 heteroatoms. The van der Waals surface area contributed by atoms with Gasteiger partial charge in [0.15, 0.2) is 15.0 Å². The monoisotopic (exact) mass is 388 g/mol. The van der Waals surface area contributed by atoms with Crippen molar-refractivity contribution in [3.63, 3.8) is 0 Å². The molecular weight excluding hydrogens is 368 g/mol. The lowest BCUT2D eigenvalue weighted by Crippen LogP contribution is -2.46. The molecule has 26 heavy (non-hydrogen) atoms. The van der Waals surface area contributed by atoms with E-state index in [4.69, 9.17) is 0 Å². The maximum Gasteiger partial charge on any atom is 0.186 e. The quantitative estimate of drug-likeness (QED) is 0.684. The summed E-state index contributed by atoms with van der Waals surface area (Å²) in [5, 5.41) is 0.897. The number of rotatable bonds is 4. The van der Waals surface area contributed by atoms with Gasteiger partial charge in [-0.05, 0) is 24.3 Å². The zero-order valence-electron chi connectivity index (χ0n) is 14.5. The number of piperazine rings is 1. The van der Waals surface area contributed by atoms with Crippen molar-refractivity contribution in [1.29, 1.82) is 0 Å². The second-order valence-corrected chi connectivity index (χ2v) is 9.45. The molecule has 1 aliphatic rings. The molecule has 3 aromatic rings. The van der Waals surface area contributed by atoms with Crippen LogP contribution < -0.4 is 4.90 Å². The van der Waals surface area contributed by atoms with Crippen molar-refractivity contribution in [2.45, 2.75) is 11.4 Å². The summed E-state index contributed by atoms with van der Waals surface area (Å²) in [6.45, 7) is 4.48. The van der Waals surface area contributed by atoms with Gasteiger partial charge in [0.25, 0.3) is 0 Å². The molecule has 0 bridgehead atoms. The van der Waals surface area contributed by atoms with Crippen LogP contribution in [0, 0.1) is 0 Å². The number of pyridine rings is 1. The third-order valence-corrected chi connectivity index (χ3v) is 6.73. The summed E-state index contributed by atoms with van der Waals surface area (Å²) in [4.78, 5) is 14.0. The Hall–Kier alpha value is -2.03. The SMILES string of the molecule is CS(=O)(=O)c1cccc2sc(N3CCN(Cc4ccccn4)CC3)nc12. The molecule has 4 rings (SSSR count). The van der Waals surface area contributed by atoms with Crippen LogP contribution in [0.5, 0.6) is 0 Å². The molecular formula is C18H20N4O2S2. The van der Waals surface area contributed by atoms with Crippen LogP contribution in [0.1, 0.15) is 5.69 Å². The van der Waals surface area contributed by atoms with Gasteiger partial charge in [0.2, 0.25) is 0 Å². The van der Waals surface area contributed by atoms with Gasteiger partial charge in [-0.1, -0.05) is 23.5 Å². The minimum absolute atomic E-state index is 0.311. The fraction of sp³-hybridized carbons (Fsp3) is 0.333. The number of hydrogen-bond donors (Lipinski definition) is 0. The number of sulfone groups is 1. The number of fused-ring (bicyclic) bond motifs is 1. The summed E-state index contributed by atoms with van der Waals surface area (Å²) in [6.07, 6.45) is 3.06. The molecule has 0 unspecified atom stereocenters. The van der Waals surface area contributed by atoms with E-state index in [1.807, 2.05) is 30.5 Å². The summed E-state index contributed by atoms with van der Waals surface area (Å²) in [6, 6.07) is 11.3. The van der Waals surface area contributed by atoms with Gasteiger partial charge in [-0.15, -0.1) is 0 Å². The molecule has 1 aliphatic heterocycles. The van der Waals surface area contributed by atoms with Crippen molar-refractivity contribution < 1.29 is 8.42 Å². The van der Waals surface area contributed by atoms with Gasteiger partial charge < -0.3 is 4.90 Å². The number of nitrogens with zero attached hydrogens (tertiary/aromatic N) is 4. The Labute approximate surface area is 157 Å². The number of thiazole rings is 1. The fourth-order valence-corrected chi connectivity index (χ4v) is 5.11. The topological polar surface area (TPSA) is 66.4 Å². The molecule has 0 radical (unpaired) electrons. The highest BCUT2D eigenvalue weighted by atomic mass is 32.2. The average molecular weight is 389 g/mol. The zero-order chi connectivity index (χ0) is 18.1. The van der Waals surface area contributed by atoms with Crippen molar-refractivity contribution in [3.8, 4) is 0 Å². The van der Waals surface area contributed by atoms with Crippen molar-refractivity contribution >= 4 is 36.5 Å². The van der Waals surface area contributed by atoms with E-state index < -0.39 is 9.84 Å². The van der Waals surface area contributed by atoms with Crippen LogP contribution in [0.15, 0.2) is 47.5 Å². The van der Waals surface area contributed by atoms with Crippen LogP contribution >= 0.6 is 11.3 Å². The molecule has 0 saturated carbocycles. The highest BCUT2D eigenvalue weighted by molar-refractivity contribution is 7.91. The number of aromatic nitrogens is 2. The molecule has 1 fully saturated rings. The molecule has 0 atom stereocenters. The normalized spacial score (nSPS) is 16.3. The maximum atomic E-state index is 12.0. The van der Waals surface area contributed by atoms with Crippen LogP contribution in [0.3, 0.4) is 0 Å². The summed E-state index contributed by atoms with van der Waals surface area (Å²) in [5.74, 6) is 0. The summed E-state index contributed by atoms with van der Waals surface area (Å²) >= 11 is 1.56. The lowest BCUT2D eigenvalue weighted by Gasteiger charge is -2.34. The largest absolute Gasteiger partial charge is 0.345 e. The van der Waals surface area contributed by atoms with Crippen LogP contribution in [0.2, 0.25) is 0 Å². The Kier molecular flexibility index (Phi) is 4.64. The Morgan fingerprint density at radius 3 is 2.58 bits per heavy atom. The van der Waals surface area contributed by atoms with Crippen molar-refractivity contribution in [2.24, 2.45) is 0 Å². The second kappa shape index (κ2) is 6.94. The molecule has 1 aromatic carbocycles. The molecule has 1 saturated heterocycles. The molecule has 0 spiro atoms.